The molecule has 0 heterocycles. The number of anilines is 1. The molecule has 0 unspecified atom stereocenters. The predicted molar refractivity (Wildman–Crippen MR) is 64.5 cm³/mol. The number of benzene rings is 1. The zero-order chi connectivity index (χ0) is 12.0. The highest BCUT2D eigenvalue weighted by Crippen LogP contribution is 2.12. The van der Waals surface area contributed by atoms with Crippen LogP contribution >= 0.6 is 0 Å². The number of nitrogens with one attached hydrogen (secondary N) is 1. The molecule has 1 aromatic carbocycles. The smallest absolute Gasteiger partial charge is 0.246 e. The Balaban J connectivity index is 2.54. The molecule has 0 saturated carbocycles. The number of nitrogens with zero attached hydrogens (tertiary/aromatic N) is 1. The molecule has 0 aliphatic rings. The highest BCUT2D eigenvalue weighted by atomic mass is 16.5. The van der Waals surface area contributed by atoms with Crippen LogP contribution in [-0.2, 0) is 16.1 Å². The number of ether oxygens (including phenoxy) is 1. The molecule has 0 bridgehead atoms. The van der Waals surface area contributed by atoms with Crippen LogP contribution in [-0.4, -0.2) is 33.7 Å². The molecule has 1 N–H and O–H groups in total. The number of carbonyl (C=O) groups excluding carboxylic acids is 1. The summed E-state index contributed by atoms with van der Waals surface area (Å²) in [6.45, 7) is 0.636. The van der Waals surface area contributed by atoms with Gasteiger partial charge in [-0.1, -0.05) is 12.1 Å². The molecule has 88 valence electrons. The molecule has 0 atom stereocenters. The van der Waals surface area contributed by atoms with Crippen molar-refractivity contribution >= 4 is 11.6 Å². The van der Waals surface area contributed by atoms with Gasteiger partial charge in [0.05, 0.1) is 0 Å². The maximum Gasteiger partial charge on any atom is 0.246 e. The van der Waals surface area contributed by atoms with E-state index in [2.05, 4.69) is 5.32 Å². The zero-order valence-corrected chi connectivity index (χ0v) is 9.99. The van der Waals surface area contributed by atoms with Crippen molar-refractivity contribution in [2.24, 2.45) is 0 Å². The van der Waals surface area contributed by atoms with Crippen molar-refractivity contribution in [3.8, 4) is 0 Å². The first-order valence-corrected chi connectivity index (χ1v) is 5.15. The van der Waals surface area contributed by atoms with Gasteiger partial charge >= 0.3 is 0 Å². The fourth-order valence-corrected chi connectivity index (χ4v) is 1.33. The lowest BCUT2D eigenvalue weighted by Crippen LogP contribution is -2.26. The second-order valence-corrected chi connectivity index (χ2v) is 3.77. The van der Waals surface area contributed by atoms with E-state index in [-0.39, 0.29) is 12.5 Å². The summed E-state index contributed by atoms with van der Waals surface area (Å²) in [7, 11) is 5.48. The Hall–Kier alpha value is -1.55. The SMILES string of the molecule is COCC(=O)NCc1cccc(N(C)C)c1. The minimum atomic E-state index is -0.0993. The lowest BCUT2D eigenvalue weighted by molar-refractivity contribution is -0.124. The van der Waals surface area contributed by atoms with Crippen LogP contribution in [0.4, 0.5) is 5.69 Å². The predicted octanol–water partition coefficient (Wildman–Crippen LogP) is 1.02. The van der Waals surface area contributed by atoms with Crippen LogP contribution in [0.15, 0.2) is 24.3 Å². The van der Waals surface area contributed by atoms with Gasteiger partial charge < -0.3 is 15.0 Å². The lowest BCUT2D eigenvalue weighted by Gasteiger charge is -2.13. The van der Waals surface area contributed by atoms with E-state index in [1.165, 1.54) is 7.11 Å². The minimum absolute atomic E-state index is 0.0993. The first-order chi connectivity index (χ1) is 7.63. The van der Waals surface area contributed by atoms with E-state index < -0.39 is 0 Å². The number of hydrogen-bond acceptors (Lipinski definition) is 3. The normalized spacial score (nSPS) is 9.94. The molecule has 16 heavy (non-hydrogen) atoms. The third kappa shape index (κ3) is 3.90. The Bertz CT molecular complexity index is 351. The van der Waals surface area contributed by atoms with Crippen molar-refractivity contribution < 1.29 is 9.53 Å². The van der Waals surface area contributed by atoms with Crippen molar-refractivity contribution in [3.05, 3.63) is 29.8 Å². The van der Waals surface area contributed by atoms with Crippen LogP contribution in [0.5, 0.6) is 0 Å². The number of rotatable bonds is 5. The average Bonchev–Trinajstić information content (AvgIpc) is 2.27. The van der Waals surface area contributed by atoms with Crippen LogP contribution in [0.25, 0.3) is 0 Å². The first-order valence-electron chi connectivity index (χ1n) is 5.15. The zero-order valence-electron chi connectivity index (χ0n) is 9.99. The molecule has 0 aromatic heterocycles. The summed E-state index contributed by atoms with van der Waals surface area (Å²) in [6.07, 6.45) is 0. The molecule has 0 aliphatic carbocycles. The van der Waals surface area contributed by atoms with Gasteiger partial charge in [-0.15, -0.1) is 0 Å². The van der Waals surface area contributed by atoms with Crippen molar-refractivity contribution in [3.63, 3.8) is 0 Å². The van der Waals surface area contributed by atoms with Crippen molar-refractivity contribution in [1.82, 2.24) is 5.32 Å². The second kappa shape index (κ2) is 6.12. The standard InChI is InChI=1S/C12H18N2O2/c1-14(2)11-6-4-5-10(7-11)8-13-12(15)9-16-3/h4-7H,8-9H2,1-3H3,(H,13,15). The summed E-state index contributed by atoms with van der Waals surface area (Å²) in [4.78, 5) is 13.2. The van der Waals surface area contributed by atoms with Crippen LogP contribution in [0.1, 0.15) is 5.56 Å². The van der Waals surface area contributed by atoms with Crippen LogP contribution in [0.2, 0.25) is 0 Å². The summed E-state index contributed by atoms with van der Waals surface area (Å²) >= 11 is 0. The van der Waals surface area contributed by atoms with Gasteiger partial charge in [0.2, 0.25) is 5.91 Å². The molecule has 1 amide bonds. The number of carbonyl (C=O) groups is 1. The molecule has 0 fully saturated rings. The summed E-state index contributed by atoms with van der Waals surface area (Å²) in [5.74, 6) is -0.0993. The largest absolute Gasteiger partial charge is 0.378 e. The highest BCUT2D eigenvalue weighted by Gasteiger charge is 2.01. The number of methoxy groups -OCH3 is 1. The number of amides is 1. The van der Waals surface area contributed by atoms with Gasteiger partial charge in [0.25, 0.3) is 0 Å². The van der Waals surface area contributed by atoms with Gasteiger partial charge in [-0.25, -0.2) is 0 Å². The van der Waals surface area contributed by atoms with Crippen LogP contribution in [0, 0.1) is 0 Å². The number of hydrogen-bond donors (Lipinski definition) is 1. The molecule has 1 aromatic rings. The molecular formula is C12H18N2O2. The Kier molecular flexibility index (Phi) is 4.79. The third-order valence-corrected chi connectivity index (χ3v) is 2.19. The van der Waals surface area contributed by atoms with Crippen LogP contribution < -0.4 is 10.2 Å². The molecule has 0 spiro atoms. The molecule has 0 radical (unpaired) electrons. The van der Waals surface area contributed by atoms with E-state index in [1.807, 2.05) is 43.3 Å². The molecule has 4 nitrogen and oxygen atoms in total. The molecule has 4 heteroatoms. The van der Waals surface area contributed by atoms with Gasteiger partial charge in [0.1, 0.15) is 6.61 Å². The summed E-state index contributed by atoms with van der Waals surface area (Å²) in [5.41, 5.74) is 2.20. The maximum absolute atomic E-state index is 11.2. The Morgan fingerprint density at radius 1 is 1.44 bits per heavy atom. The minimum Gasteiger partial charge on any atom is -0.378 e. The van der Waals surface area contributed by atoms with E-state index in [1.54, 1.807) is 0 Å². The quantitative estimate of drug-likeness (QED) is 0.808. The fraction of sp³-hybridized carbons (Fsp3) is 0.417. The van der Waals surface area contributed by atoms with Gasteiger partial charge in [-0.2, -0.15) is 0 Å². The van der Waals surface area contributed by atoms with Crippen molar-refractivity contribution in [2.75, 3.05) is 32.7 Å². The first kappa shape index (κ1) is 12.5. The summed E-state index contributed by atoms with van der Waals surface area (Å²) in [6, 6.07) is 8.04. The average molecular weight is 222 g/mol. The molecule has 0 saturated heterocycles. The summed E-state index contributed by atoms with van der Waals surface area (Å²) < 4.78 is 4.73. The Labute approximate surface area is 96.2 Å². The highest BCUT2D eigenvalue weighted by molar-refractivity contribution is 5.77. The van der Waals surface area contributed by atoms with E-state index in [9.17, 15) is 4.79 Å². The monoisotopic (exact) mass is 222 g/mol. The molecule has 0 aliphatic heterocycles. The van der Waals surface area contributed by atoms with Gasteiger partial charge in [-0.3, -0.25) is 4.79 Å². The third-order valence-electron chi connectivity index (χ3n) is 2.19. The van der Waals surface area contributed by atoms with Gasteiger partial charge in [-0.05, 0) is 17.7 Å². The summed E-state index contributed by atoms with van der Waals surface area (Å²) in [5, 5.41) is 2.78. The Morgan fingerprint density at radius 2 is 2.19 bits per heavy atom. The van der Waals surface area contributed by atoms with E-state index in [0.717, 1.165) is 11.3 Å². The van der Waals surface area contributed by atoms with Crippen LogP contribution in [0.3, 0.4) is 0 Å². The van der Waals surface area contributed by atoms with E-state index >= 15 is 0 Å². The topological polar surface area (TPSA) is 41.6 Å². The van der Waals surface area contributed by atoms with E-state index in [0.29, 0.717) is 6.54 Å². The van der Waals surface area contributed by atoms with Gasteiger partial charge in [0.15, 0.2) is 0 Å². The lowest BCUT2D eigenvalue weighted by atomic mass is 10.2. The molecular weight excluding hydrogens is 204 g/mol. The van der Waals surface area contributed by atoms with E-state index in [4.69, 9.17) is 4.74 Å². The van der Waals surface area contributed by atoms with Crippen molar-refractivity contribution in [1.29, 1.82) is 0 Å². The van der Waals surface area contributed by atoms with Gasteiger partial charge in [0, 0.05) is 33.4 Å². The maximum atomic E-state index is 11.2. The van der Waals surface area contributed by atoms with Crippen molar-refractivity contribution in [2.45, 2.75) is 6.54 Å². The fourth-order valence-electron chi connectivity index (χ4n) is 1.33. The second-order valence-electron chi connectivity index (χ2n) is 3.77. The Morgan fingerprint density at radius 3 is 2.81 bits per heavy atom. The molecule has 1 rings (SSSR count).